The van der Waals surface area contributed by atoms with Gasteiger partial charge in [-0.25, -0.2) is 4.39 Å². The van der Waals surface area contributed by atoms with Gasteiger partial charge in [-0.2, -0.15) is 0 Å². The first kappa shape index (κ1) is 11.4. The molecular formula is C12H16FNO2. The summed E-state index contributed by atoms with van der Waals surface area (Å²) >= 11 is 0. The number of aliphatic hydroxyl groups is 1. The lowest BCUT2D eigenvalue weighted by Crippen LogP contribution is -2.14. The Labute approximate surface area is 94.0 Å². The highest BCUT2D eigenvalue weighted by Crippen LogP contribution is 2.30. The molecule has 0 saturated heterocycles. The van der Waals surface area contributed by atoms with Gasteiger partial charge in [0.1, 0.15) is 0 Å². The first-order valence-electron chi connectivity index (χ1n) is 5.49. The predicted octanol–water partition coefficient (Wildman–Crippen LogP) is 1.61. The topological polar surface area (TPSA) is 55.5 Å². The van der Waals surface area contributed by atoms with Gasteiger partial charge in [0.15, 0.2) is 11.6 Å². The lowest BCUT2D eigenvalue weighted by molar-refractivity contribution is 0.266. The van der Waals surface area contributed by atoms with E-state index in [0.29, 0.717) is 18.1 Å². The average molecular weight is 225 g/mol. The Morgan fingerprint density at radius 1 is 1.50 bits per heavy atom. The summed E-state index contributed by atoms with van der Waals surface area (Å²) in [6, 6.07) is 4.05. The van der Waals surface area contributed by atoms with Crippen molar-refractivity contribution < 1.29 is 14.2 Å². The van der Waals surface area contributed by atoms with Crippen molar-refractivity contribution in [3.05, 3.63) is 29.6 Å². The Balaban J connectivity index is 2.02. The van der Waals surface area contributed by atoms with Crippen LogP contribution in [0.5, 0.6) is 5.75 Å². The molecule has 1 aliphatic carbocycles. The van der Waals surface area contributed by atoms with Crippen LogP contribution in [0.2, 0.25) is 0 Å². The third kappa shape index (κ3) is 2.71. The molecule has 88 valence electrons. The average Bonchev–Trinajstić information content (AvgIpc) is 3.10. The summed E-state index contributed by atoms with van der Waals surface area (Å²) in [4.78, 5) is 0. The van der Waals surface area contributed by atoms with Gasteiger partial charge in [-0.15, -0.1) is 0 Å². The molecule has 0 heterocycles. The molecule has 0 amide bonds. The normalized spacial score (nSPS) is 17.2. The second kappa shape index (κ2) is 4.80. The van der Waals surface area contributed by atoms with E-state index in [1.807, 2.05) is 0 Å². The first-order chi connectivity index (χ1) is 7.70. The van der Waals surface area contributed by atoms with Crippen molar-refractivity contribution in [3.63, 3.8) is 0 Å². The van der Waals surface area contributed by atoms with Crippen molar-refractivity contribution in [1.29, 1.82) is 0 Å². The molecule has 3 N–H and O–H groups in total. The van der Waals surface area contributed by atoms with E-state index in [2.05, 4.69) is 0 Å². The predicted molar refractivity (Wildman–Crippen MR) is 58.6 cm³/mol. The van der Waals surface area contributed by atoms with Crippen LogP contribution in [0.4, 0.5) is 4.39 Å². The summed E-state index contributed by atoms with van der Waals surface area (Å²) in [6.45, 7) is 0.393. The van der Waals surface area contributed by atoms with E-state index < -0.39 is 11.9 Å². The van der Waals surface area contributed by atoms with Gasteiger partial charge >= 0.3 is 0 Å². The molecule has 1 fully saturated rings. The molecular weight excluding hydrogens is 209 g/mol. The monoisotopic (exact) mass is 225 g/mol. The van der Waals surface area contributed by atoms with E-state index in [4.69, 9.17) is 15.6 Å². The Morgan fingerprint density at radius 3 is 2.81 bits per heavy atom. The molecule has 0 radical (unpaired) electrons. The summed E-state index contributed by atoms with van der Waals surface area (Å²) < 4.78 is 18.9. The maximum atomic E-state index is 13.6. The van der Waals surface area contributed by atoms with Crippen LogP contribution in [0.1, 0.15) is 24.4 Å². The zero-order chi connectivity index (χ0) is 11.5. The molecule has 1 aromatic carbocycles. The molecule has 0 aliphatic heterocycles. The van der Waals surface area contributed by atoms with Crippen molar-refractivity contribution in [1.82, 2.24) is 0 Å². The van der Waals surface area contributed by atoms with Crippen molar-refractivity contribution >= 4 is 0 Å². The summed E-state index contributed by atoms with van der Waals surface area (Å²) in [5.41, 5.74) is 6.17. The highest BCUT2D eigenvalue weighted by atomic mass is 19.1. The van der Waals surface area contributed by atoms with E-state index in [9.17, 15) is 4.39 Å². The summed E-state index contributed by atoms with van der Waals surface area (Å²) in [7, 11) is 0. The van der Waals surface area contributed by atoms with Crippen LogP contribution >= 0.6 is 0 Å². The zero-order valence-electron chi connectivity index (χ0n) is 9.03. The number of aliphatic hydroxyl groups excluding tert-OH is 1. The Hall–Kier alpha value is -1.13. The van der Waals surface area contributed by atoms with Crippen LogP contribution in [-0.4, -0.2) is 18.3 Å². The molecule has 0 spiro atoms. The largest absolute Gasteiger partial charge is 0.490 e. The van der Waals surface area contributed by atoms with Gasteiger partial charge in [0.2, 0.25) is 0 Å². The molecule has 2 rings (SSSR count). The molecule has 0 bridgehead atoms. The zero-order valence-corrected chi connectivity index (χ0v) is 9.03. The van der Waals surface area contributed by atoms with Gasteiger partial charge in [-0.05, 0) is 36.5 Å². The molecule has 1 unspecified atom stereocenters. The van der Waals surface area contributed by atoms with Crippen LogP contribution in [0, 0.1) is 11.7 Å². The van der Waals surface area contributed by atoms with Crippen LogP contribution in [0.3, 0.4) is 0 Å². The fourth-order valence-electron chi connectivity index (χ4n) is 1.46. The number of ether oxygens (including phenoxy) is 1. The van der Waals surface area contributed by atoms with E-state index in [1.165, 1.54) is 18.9 Å². The van der Waals surface area contributed by atoms with E-state index in [-0.39, 0.29) is 12.4 Å². The minimum atomic E-state index is -0.535. The second-order valence-corrected chi connectivity index (χ2v) is 4.23. The van der Waals surface area contributed by atoms with E-state index >= 15 is 0 Å². The highest BCUT2D eigenvalue weighted by Gasteiger charge is 2.22. The van der Waals surface area contributed by atoms with E-state index in [0.717, 1.165) is 0 Å². The molecule has 1 saturated carbocycles. The fraction of sp³-hybridized carbons (Fsp3) is 0.500. The number of nitrogens with two attached hydrogens (primary N) is 1. The van der Waals surface area contributed by atoms with Crippen LogP contribution in [0.15, 0.2) is 18.2 Å². The standard InChI is InChI=1S/C12H16FNO2/c13-10-5-9(11(14)6-15)3-4-12(10)16-7-8-1-2-8/h3-5,8,11,15H,1-2,6-7,14H2. The fourth-order valence-corrected chi connectivity index (χ4v) is 1.46. The van der Waals surface area contributed by atoms with Gasteiger partial charge in [-0.3, -0.25) is 0 Å². The Bertz CT molecular complexity index is 366. The quantitative estimate of drug-likeness (QED) is 0.800. The number of rotatable bonds is 5. The molecule has 16 heavy (non-hydrogen) atoms. The maximum Gasteiger partial charge on any atom is 0.165 e. The third-order valence-electron chi connectivity index (χ3n) is 2.75. The lowest BCUT2D eigenvalue weighted by atomic mass is 10.1. The van der Waals surface area contributed by atoms with Crippen molar-refractivity contribution in [2.45, 2.75) is 18.9 Å². The second-order valence-electron chi connectivity index (χ2n) is 4.23. The summed E-state index contributed by atoms with van der Waals surface area (Å²) in [5.74, 6) is 0.446. The first-order valence-corrected chi connectivity index (χ1v) is 5.49. The number of halogens is 1. The Kier molecular flexibility index (Phi) is 3.41. The molecule has 1 atom stereocenters. The maximum absolute atomic E-state index is 13.6. The van der Waals surface area contributed by atoms with Crippen LogP contribution in [-0.2, 0) is 0 Å². The van der Waals surface area contributed by atoms with Crippen molar-refractivity contribution in [3.8, 4) is 5.75 Å². The van der Waals surface area contributed by atoms with Crippen molar-refractivity contribution in [2.75, 3.05) is 13.2 Å². The van der Waals surface area contributed by atoms with Gasteiger partial charge < -0.3 is 15.6 Å². The molecule has 0 aromatic heterocycles. The van der Waals surface area contributed by atoms with Crippen molar-refractivity contribution in [2.24, 2.45) is 11.7 Å². The SMILES string of the molecule is NC(CO)c1ccc(OCC2CC2)c(F)c1. The number of hydrogen-bond donors (Lipinski definition) is 2. The highest BCUT2D eigenvalue weighted by molar-refractivity contribution is 5.31. The van der Waals surface area contributed by atoms with Gasteiger partial charge in [0.25, 0.3) is 0 Å². The Morgan fingerprint density at radius 2 is 2.25 bits per heavy atom. The van der Waals surface area contributed by atoms with Gasteiger partial charge in [0.05, 0.1) is 19.3 Å². The number of hydrogen-bond acceptors (Lipinski definition) is 3. The molecule has 3 nitrogen and oxygen atoms in total. The molecule has 4 heteroatoms. The summed E-state index contributed by atoms with van der Waals surface area (Å²) in [6.07, 6.45) is 2.35. The minimum Gasteiger partial charge on any atom is -0.490 e. The lowest BCUT2D eigenvalue weighted by Gasteiger charge is -2.11. The van der Waals surface area contributed by atoms with Crippen LogP contribution in [0.25, 0.3) is 0 Å². The van der Waals surface area contributed by atoms with Gasteiger partial charge in [-0.1, -0.05) is 6.07 Å². The van der Waals surface area contributed by atoms with E-state index in [1.54, 1.807) is 12.1 Å². The summed E-state index contributed by atoms with van der Waals surface area (Å²) in [5, 5.41) is 8.85. The van der Waals surface area contributed by atoms with Crippen LogP contribution < -0.4 is 10.5 Å². The smallest absolute Gasteiger partial charge is 0.165 e. The third-order valence-corrected chi connectivity index (χ3v) is 2.75. The molecule has 1 aromatic rings. The minimum absolute atomic E-state index is 0.193. The number of benzene rings is 1. The van der Waals surface area contributed by atoms with Gasteiger partial charge in [0, 0.05) is 0 Å². The molecule has 1 aliphatic rings.